The fourth-order valence-corrected chi connectivity index (χ4v) is 2.37. The SMILES string of the molecule is COc1cc(/C=N\Nc2ccccc2C(F)(F)F)cc2c1OCCO2. The standard InChI is InChI=1S/C17H15F3N2O3/c1-23-14-8-11(9-15-16(14)25-7-6-24-15)10-21-22-13-5-3-2-4-12(13)17(18,19)20/h2-5,8-10,22H,6-7H2,1H3/b21-10-. The van der Waals surface area contributed by atoms with Crippen LogP contribution in [0.15, 0.2) is 41.5 Å². The average molecular weight is 352 g/mol. The number of nitrogens with one attached hydrogen (secondary N) is 1. The van der Waals surface area contributed by atoms with Gasteiger partial charge in [0.2, 0.25) is 5.75 Å². The number of para-hydroxylation sites is 1. The van der Waals surface area contributed by atoms with Gasteiger partial charge in [0, 0.05) is 5.56 Å². The molecule has 2 aromatic rings. The lowest BCUT2D eigenvalue weighted by Crippen LogP contribution is -2.16. The number of hydrogen-bond donors (Lipinski definition) is 1. The summed E-state index contributed by atoms with van der Waals surface area (Å²) in [7, 11) is 1.49. The van der Waals surface area contributed by atoms with Crippen molar-refractivity contribution in [2.24, 2.45) is 5.10 Å². The van der Waals surface area contributed by atoms with Crippen LogP contribution in [0.25, 0.3) is 0 Å². The van der Waals surface area contributed by atoms with Crippen LogP contribution in [0.3, 0.4) is 0 Å². The smallest absolute Gasteiger partial charge is 0.418 e. The minimum atomic E-state index is -4.46. The summed E-state index contributed by atoms with van der Waals surface area (Å²) in [4.78, 5) is 0. The Hall–Kier alpha value is -2.90. The molecule has 0 spiro atoms. The average Bonchev–Trinajstić information content (AvgIpc) is 2.60. The number of hydrogen-bond acceptors (Lipinski definition) is 5. The van der Waals surface area contributed by atoms with E-state index in [-0.39, 0.29) is 5.69 Å². The molecule has 0 amide bonds. The lowest BCUT2D eigenvalue weighted by atomic mass is 10.2. The predicted octanol–water partition coefficient (Wildman–Crippen LogP) is 3.93. The minimum absolute atomic E-state index is 0.129. The largest absolute Gasteiger partial charge is 0.493 e. The third kappa shape index (κ3) is 3.78. The van der Waals surface area contributed by atoms with E-state index in [0.717, 1.165) is 6.07 Å². The van der Waals surface area contributed by atoms with Crippen molar-refractivity contribution in [1.82, 2.24) is 0 Å². The highest BCUT2D eigenvalue weighted by Gasteiger charge is 2.33. The van der Waals surface area contributed by atoms with E-state index in [1.807, 2.05) is 0 Å². The zero-order chi connectivity index (χ0) is 17.9. The molecule has 0 aromatic heterocycles. The number of methoxy groups -OCH3 is 1. The van der Waals surface area contributed by atoms with Gasteiger partial charge in [-0.2, -0.15) is 18.3 Å². The molecule has 132 valence electrons. The molecule has 0 unspecified atom stereocenters. The van der Waals surface area contributed by atoms with Gasteiger partial charge in [-0.3, -0.25) is 5.43 Å². The van der Waals surface area contributed by atoms with E-state index >= 15 is 0 Å². The molecule has 0 atom stereocenters. The number of benzene rings is 2. The normalized spacial score (nSPS) is 13.8. The topological polar surface area (TPSA) is 52.1 Å². The Kier molecular flexibility index (Phi) is 4.69. The van der Waals surface area contributed by atoms with Crippen LogP contribution >= 0.6 is 0 Å². The zero-order valence-corrected chi connectivity index (χ0v) is 13.3. The number of alkyl halides is 3. The maximum atomic E-state index is 12.9. The van der Waals surface area contributed by atoms with Crippen molar-refractivity contribution in [3.05, 3.63) is 47.5 Å². The van der Waals surface area contributed by atoms with Crippen LogP contribution in [-0.4, -0.2) is 26.5 Å². The first-order valence-electron chi connectivity index (χ1n) is 7.42. The van der Waals surface area contributed by atoms with Gasteiger partial charge in [0.1, 0.15) is 13.2 Å². The lowest BCUT2D eigenvalue weighted by Gasteiger charge is -2.20. The molecule has 0 bridgehead atoms. The minimum Gasteiger partial charge on any atom is -0.493 e. The van der Waals surface area contributed by atoms with Crippen molar-refractivity contribution in [3.63, 3.8) is 0 Å². The fraction of sp³-hybridized carbons (Fsp3) is 0.235. The van der Waals surface area contributed by atoms with Crippen molar-refractivity contribution in [1.29, 1.82) is 0 Å². The Balaban J connectivity index is 1.82. The second-order valence-electron chi connectivity index (χ2n) is 5.16. The van der Waals surface area contributed by atoms with Gasteiger partial charge in [0.15, 0.2) is 11.5 Å². The van der Waals surface area contributed by atoms with Crippen molar-refractivity contribution < 1.29 is 27.4 Å². The van der Waals surface area contributed by atoms with Gasteiger partial charge >= 0.3 is 6.18 Å². The molecule has 1 aliphatic heterocycles. The monoisotopic (exact) mass is 352 g/mol. The molecule has 1 aliphatic rings. The molecular formula is C17H15F3N2O3. The first kappa shape index (κ1) is 16.9. The van der Waals surface area contributed by atoms with Crippen molar-refractivity contribution >= 4 is 11.9 Å². The van der Waals surface area contributed by atoms with Gasteiger partial charge < -0.3 is 14.2 Å². The quantitative estimate of drug-likeness (QED) is 0.669. The van der Waals surface area contributed by atoms with E-state index in [9.17, 15) is 13.2 Å². The highest BCUT2D eigenvalue weighted by atomic mass is 19.4. The number of rotatable bonds is 4. The van der Waals surface area contributed by atoms with Crippen LogP contribution in [0.2, 0.25) is 0 Å². The van der Waals surface area contributed by atoms with Gasteiger partial charge in [-0.25, -0.2) is 0 Å². The molecule has 25 heavy (non-hydrogen) atoms. The number of ether oxygens (including phenoxy) is 3. The van der Waals surface area contributed by atoms with Crippen LogP contribution in [0.1, 0.15) is 11.1 Å². The third-order valence-corrected chi connectivity index (χ3v) is 3.48. The van der Waals surface area contributed by atoms with Crippen LogP contribution in [-0.2, 0) is 6.18 Å². The third-order valence-electron chi connectivity index (χ3n) is 3.48. The van der Waals surface area contributed by atoms with Crippen LogP contribution in [0.5, 0.6) is 17.2 Å². The maximum absolute atomic E-state index is 12.9. The van der Waals surface area contributed by atoms with Crippen molar-refractivity contribution in [3.8, 4) is 17.2 Å². The number of fused-ring (bicyclic) bond motifs is 1. The molecule has 0 saturated heterocycles. The van der Waals surface area contributed by atoms with Crippen LogP contribution in [0, 0.1) is 0 Å². The van der Waals surface area contributed by atoms with E-state index < -0.39 is 11.7 Å². The van der Waals surface area contributed by atoms with E-state index in [4.69, 9.17) is 14.2 Å². The fourth-order valence-electron chi connectivity index (χ4n) is 2.37. The van der Waals surface area contributed by atoms with Gasteiger partial charge in [0.05, 0.1) is 24.6 Å². The summed E-state index contributed by atoms with van der Waals surface area (Å²) in [6.45, 7) is 0.834. The second-order valence-corrected chi connectivity index (χ2v) is 5.16. The molecule has 3 rings (SSSR count). The summed E-state index contributed by atoms with van der Waals surface area (Å²) in [5, 5.41) is 3.88. The zero-order valence-electron chi connectivity index (χ0n) is 13.3. The first-order chi connectivity index (χ1) is 12.0. The number of hydrazone groups is 1. The molecule has 8 heteroatoms. The number of halogens is 3. The van der Waals surface area contributed by atoms with E-state index in [0.29, 0.717) is 36.0 Å². The highest BCUT2D eigenvalue weighted by Crippen LogP contribution is 2.40. The summed E-state index contributed by atoms with van der Waals surface area (Å²) in [5.41, 5.74) is 2.10. The summed E-state index contributed by atoms with van der Waals surface area (Å²) in [6, 6.07) is 8.46. The molecule has 1 heterocycles. The molecule has 0 radical (unpaired) electrons. The summed E-state index contributed by atoms with van der Waals surface area (Å²) >= 11 is 0. The Morgan fingerprint density at radius 3 is 2.68 bits per heavy atom. The van der Waals surface area contributed by atoms with Crippen molar-refractivity contribution in [2.75, 3.05) is 25.7 Å². The Labute approximate surface area is 142 Å². The molecule has 5 nitrogen and oxygen atoms in total. The summed E-state index contributed by atoms with van der Waals surface area (Å²) in [5.74, 6) is 1.47. The Morgan fingerprint density at radius 2 is 1.92 bits per heavy atom. The lowest BCUT2D eigenvalue weighted by molar-refractivity contribution is -0.136. The molecular weight excluding hydrogens is 337 g/mol. The van der Waals surface area contributed by atoms with Gasteiger partial charge in [-0.05, 0) is 24.3 Å². The number of nitrogens with zero attached hydrogens (tertiary/aromatic N) is 1. The number of anilines is 1. The maximum Gasteiger partial charge on any atom is 0.418 e. The predicted molar refractivity (Wildman–Crippen MR) is 86.6 cm³/mol. The summed E-state index contributed by atoms with van der Waals surface area (Å²) < 4.78 is 55.1. The van der Waals surface area contributed by atoms with E-state index in [1.54, 1.807) is 12.1 Å². The molecule has 0 fully saturated rings. The van der Waals surface area contributed by atoms with E-state index in [2.05, 4.69) is 10.5 Å². The molecule has 2 aromatic carbocycles. The Morgan fingerprint density at radius 1 is 1.16 bits per heavy atom. The molecule has 0 aliphatic carbocycles. The first-order valence-corrected chi connectivity index (χ1v) is 7.42. The second kappa shape index (κ2) is 6.92. The summed E-state index contributed by atoms with van der Waals surface area (Å²) in [6.07, 6.45) is -3.08. The van der Waals surface area contributed by atoms with E-state index in [1.165, 1.54) is 31.5 Å². The van der Waals surface area contributed by atoms with Gasteiger partial charge in [0.25, 0.3) is 0 Å². The van der Waals surface area contributed by atoms with Gasteiger partial charge in [-0.1, -0.05) is 12.1 Å². The van der Waals surface area contributed by atoms with Crippen LogP contribution in [0.4, 0.5) is 18.9 Å². The molecule has 1 N–H and O–H groups in total. The van der Waals surface area contributed by atoms with Crippen LogP contribution < -0.4 is 19.6 Å². The van der Waals surface area contributed by atoms with Gasteiger partial charge in [-0.15, -0.1) is 0 Å². The molecule has 0 saturated carbocycles. The van der Waals surface area contributed by atoms with Crippen molar-refractivity contribution in [2.45, 2.75) is 6.18 Å². The highest BCUT2D eigenvalue weighted by molar-refractivity contribution is 5.83. The Bertz CT molecular complexity index is 774.